The first-order valence-corrected chi connectivity index (χ1v) is 9.67. The van der Waals surface area contributed by atoms with Crippen LogP contribution in [0.4, 0.5) is 0 Å². The van der Waals surface area contributed by atoms with Gasteiger partial charge in [0.2, 0.25) is 5.82 Å². The molecule has 30 heavy (non-hydrogen) atoms. The Morgan fingerprint density at radius 3 is 2.43 bits per heavy atom. The molecule has 1 aromatic heterocycles. The Morgan fingerprint density at radius 1 is 1.03 bits per heavy atom. The number of nitrogens with zero attached hydrogens (tertiary/aromatic N) is 2. The molecule has 0 saturated carbocycles. The van der Waals surface area contributed by atoms with Gasteiger partial charge in [0.1, 0.15) is 12.3 Å². The van der Waals surface area contributed by atoms with E-state index in [0.717, 1.165) is 12.0 Å². The summed E-state index contributed by atoms with van der Waals surface area (Å²) in [6, 6.07) is 14.5. The summed E-state index contributed by atoms with van der Waals surface area (Å²) < 4.78 is 15.5. The van der Waals surface area contributed by atoms with Crippen molar-refractivity contribution in [3.05, 3.63) is 65.5 Å². The molecule has 2 aromatic carbocycles. The van der Waals surface area contributed by atoms with Gasteiger partial charge in [0.05, 0.1) is 6.61 Å². The van der Waals surface area contributed by atoms with Gasteiger partial charge in [-0.2, -0.15) is 4.98 Å². The normalized spacial score (nSPS) is 10.5. The van der Waals surface area contributed by atoms with E-state index >= 15 is 0 Å². The minimum absolute atomic E-state index is 0.169. The quantitative estimate of drug-likeness (QED) is 0.541. The predicted octanol–water partition coefficient (Wildman–Crippen LogP) is 3.17. The van der Waals surface area contributed by atoms with E-state index in [0.29, 0.717) is 23.7 Å². The molecule has 1 N–H and O–H groups in total. The first-order chi connectivity index (χ1) is 14.6. The maximum Gasteiger partial charge on any atom is 0.325 e. The summed E-state index contributed by atoms with van der Waals surface area (Å²) in [5, 5.41) is 6.40. The molecule has 0 radical (unpaired) electrons. The Labute approximate surface area is 174 Å². The number of benzene rings is 2. The van der Waals surface area contributed by atoms with E-state index < -0.39 is 5.97 Å². The summed E-state index contributed by atoms with van der Waals surface area (Å²) in [5.74, 6) is 0.281. The molecule has 0 aliphatic carbocycles. The van der Waals surface area contributed by atoms with Gasteiger partial charge in [0, 0.05) is 11.1 Å². The lowest BCUT2D eigenvalue weighted by Crippen LogP contribution is -2.30. The van der Waals surface area contributed by atoms with E-state index in [1.165, 1.54) is 5.56 Å². The zero-order valence-corrected chi connectivity index (χ0v) is 16.9. The smallest absolute Gasteiger partial charge is 0.325 e. The molecule has 1 heterocycles. The number of nitrogens with one attached hydrogen (secondary N) is 1. The second kappa shape index (κ2) is 10.2. The number of carbonyl (C=O) groups excluding carboxylic acids is 2. The van der Waals surface area contributed by atoms with Crippen molar-refractivity contribution in [2.45, 2.75) is 26.9 Å². The molecule has 0 aliphatic heterocycles. The molecule has 1 amide bonds. The van der Waals surface area contributed by atoms with Crippen LogP contribution in [0, 0.1) is 0 Å². The van der Waals surface area contributed by atoms with Crippen molar-refractivity contribution in [2.75, 3.05) is 13.2 Å². The van der Waals surface area contributed by atoms with Crippen LogP contribution in [-0.4, -0.2) is 35.2 Å². The van der Waals surface area contributed by atoms with Crippen molar-refractivity contribution in [3.8, 4) is 17.1 Å². The molecule has 3 rings (SSSR count). The number of hydrogen-bond acceptors (Lipinski definition) is 7. The van der Waals surface area contributed by atoms with Crippen molar-refractivity contribution in [2.24, 2.45) is 0 Å². The molecule has 3 aromatic rings. The number of aromatic nitrogens is 2. The highest BCUT2D eigenvalue weighted by Crippen LogP contribution is 2.17. The van der Waals surface area contributed by atoms with Gasteiger partial charge in [-0.25, -0.2) is 0 Å². The molecule has 0 spiro atoms. The van der Waals surface area contributed by atoms with Crippen LogP contribution in [-0.2, 0) is 22.6 Å². The standard InChI is InChI=1S/C22H23N3O5/c1-3-15-5-7-16(8-6-15)21-24-19(30-25-21)14-29-20(26)13-23-22(27)17-9-11-18(12-10-17)28-4-2/h5-12H,3-4,13-14H2,1-2H3,(H,23,27). The lowest BCUT2D eigenvalue weighted by molar-refractivity contribution is -0.144. The topological polar surface area (TPSA) is 104 Å². The van der Waals surface area contributed by atoms with E-state index in [4.69, 9.17) is 14.0 Å². The molecule has 0 atom stereocenters. The third-order valence-electron chi connectivity index (χ3n) is 4.27. The van der Waals surface area contributed by atoms with Crippen LogP contribution in [0.25, 0.3) is 11.4 Å². The Balaban J connectivity index is 1.45. The van der Waals surface area contributed by atoms with Crippen molar-refractivity contribution in [1.29, 1.82) is 0 Å². The van der Waals surface area contributed by atoms with Crippen LogP contribution in [0.1, 0.15) is 35.7 Å². The fraction of sp³-hybridized carbons (Fsp3) is 0.273. The number of hydrogen-bond donors (Lipinski definition) is 1. The summed E-state index contributed by atoms with van der Waals surface area (Å²) in [4.78, 5) is 28.2. The van der Waals surface area contributed by atoms with Gasteiger partial charge >= 0.3 is 5.97 Å². The van der Waals surface area contributed by atoms with E-state index in [-0.39, 0.29) is 24.9 Å². The zero-order chi connectivity index (χ0) is 21.3. The molecule has 156 valence electrons. The van der Waals surface area contributed by atoms with Crippen LogP contribution in [0.5, 0.6) is 5.75 Å². The van der Waals surface area contributed by atoms with Gasteiger partial charge in [-0.15, -0.1) is 0 Å². The number of rotatable bonds is 9. The highest BCUT2D eigenvalue weighted by Gasteiger charge is 2.13. The third-order valence-corrected chi connectivity index (χ3v) is 4.27. The molecular formula is C22H23N3O5. The van der Waals surface area contributed by atoms with Gasteiger partial charge in [-0.05, 0) is 43.2 Å². The van der Waals surface area contributed by atoms with Gasteiger partial charge < -0.3 is 19.3 Å². The number of amides is 1. The molecule has 8 nitrogen and oxygen atoms in total. The lowest BCUT2D eigenvalue weighted by atomic mass is 10.1. The summed E-state index contributed by atoms with van der Waals surface area (Å²) in [5.41, 5.74) is 2.45. The van der Waals surface area contributed by atoms with Gasteiger partial charge in [0.15, 0.2) is 6.61 Å². The van der Waals surface area contributed by atoms with Gasteiger partial charge in [0.25, 0.3) is 11.8 Å². The Morgan fingerprint density at radius 2 is 1.77 bits per heavy atom. The van der Waals surface area contributed by atoms with E-state index in [1.54, 1.807) is 24.3 Å². The Hall–Kier alpha value is -3.68. The maximum atomic E-state index is 12.1. The monoisotopic (exact) mass is 409 g/mol. The highest BCUT2D eigenvalue weighted by atomic mass is 16.6. The molecular weight excluding hydrogens is 386 g/mol. The third kappa shape index (κ3) is 5.66. The Kier molecular flexibility index (Phi) is 7.15. The maximum absolute atomic E-state index is 12.1. The second-order valence-electron chi connectivity index (χ2n) is 6.36. The van der Waals surface area contributed by atoms with E-state index in [1.807, 2.05) is 31.2 Å². The highest BCUT2D eigenvalue weighted by molar-refractivity contribution is 5.96. The van der Waals surface area contributed by atoms with Gasteiger partial charge in [-0.3, -0.25) is 9.59 Å². The molecule has 8 heteroatoms. The average molecular weight is 409 g/mol. The largest absolute Gasteiger partial charge is 0.494 e. The molecule has 0 saturated heterocycles. The summed E-state index contributed by atoms with van der Waals surface area (Å²) in [6.07, 6.45) is 0.947. The minimum atomic E-state index is -0.610. The molecule has 0 fully saturated rings. The first-order valence-electron chi connectivity index (χ1n) is 9.67. The number of aryl methyl sites for hydroxylation is 1. The van der Waals surface area contributed by atoms with Crippen LogP contribution >= 0.6 is 0 Å². The van der Waals surface area contributed by atoms with Crippen LogP contribution in [0.3, 0.4) is 0 Å². The average Bonchev–Trinajstić information content (AvgIpc) is 3.26. The summed E-state index contributed by atoms with van der Waals surface area (Å²) >= 11 is 0. The zero-order valence-electron chi connectivity index (χ0n) is 16.9. The fourth-order valence-corrected chi connectivity index (χ4v) is 2.64. The first kappa shape index (κ1) is 21.0. The molecule has 0 unspecified atom stereocenters. The van der Waals surface area contributed by atoms with Crippen molar-refractivity contribution in [1.82, 2.24) is 15.5 Å². The van der Waals surface area contributed by atoms with Crippen LogP contribution < -0.4 is 10.1 Å². The molecule has 0 aliphatic rings. The summed E-state index contributed by atoms with van der Waals surface area (Å²) in [6.45, 7) is 4.06. The van der Waals surface area contributed by atoms with E-state index in [2.05, 4.69) is 22.4 Å². The second-order valence-corrected chi connectivity index (χ2v) is 6.36. The van der Waals surface area contributed by atoms with Crippen molar-refractivity contribution in [3.63, 3.8) is 0 Å². The van der Waals surface area contributed by atoms with Gasteiger partial charge in [-0.1, -0.05) is 36.3 Å². The van der Waals surface area contributed by atoms with Crippen LogP contribution in [0.15, 0.2) is 53.1 Å². The van der Waals surface area contributed by atoms with Crippen molar-refractivity contribution >= 4 is 11.9 Å². The number of esters is 1. The minimum Gasteiger partial charge on any atom is -0.494 e. The fourth-order valence-electron chi connectivity index (χ4n) is 2.64. The van der Waals surface area contributed by atoms with E-state index in [9.17, 15) is 9.59 Å². The number of ether oxygens (including phenoxy) is 2. The predicted molar refractivity (Wildman–Crippen MR) is 109 cm³/mol. The molecule has 0 bridgehead atoms. The summed E-state index contributed by atoms with van der Waals surface area (Å²) in [7, 11) is 0. The Bertz CT molecular complexity index is 981. The van der Waals surface area contributed by atoms with Crippen LogP contribution in [0.2, 0.25) is 0 Å². The van der Waals surface area contributed by atoms with Crippen molar-refractivity contribution < 1.29 is 23.6 Å². The SMILES string of the molecule is CCOc1ccc(C(=O)NCC(=O)OCc2nc(-c3ccc(CC)cc3)no2)cc1. The lowest BCUT2D eigenvalue weighted by Gasteiger charge is -2.06. The number of carbonyl (C=O) groups is 2.